The summed E-state index contributed by atoms with van der Waals surface area (Å²) in [6.07, 6.45) is 8.56. The lowest BCUT2D eigenvalue weighted by molar-refractivity contribution is -0.142. The number of nitrogens with one attached hydrogen (secondary N) is 1. The fourth-order valence-electron chi connectivity index (χ4n) is 4.27. The summed E-state index contributed by atoms with van der Waals surface area (Å²) in [4.78, 5) is 39.1. The lowest BCUT2D eigenvalue weighted by atomic mass is 9.84. The first-order valence-corrected chi connectivity index (χ1v) is 12.5. The van der Waals surface area contributed by atoms with E-state index >= 15 is 0 Å². The summed E-state index contributed by atoms with van der Waals surface area (Å²) >= 11 is 0. The molecule has 0 radical (unpaired) electrons. The van der Waals surface area contributed by atoms with Gasteiger partial charge in [0.25, 0.3) is 5.88 Å². The molecule has 1 saturated heterocycles. The average molecular weight is 508 g/mol. The molecule has 2 aromatic rings. The van der Waals surface area contributed by atoms with Gasteiger partial charge in [0, 0.05) is 25.6 Å². The molecule has 2 aliphatic heterocycles. The number of benzene rings is 1. The van der Waals surface area contributed by atoms with Crippen LogP contribution in [0.3, 0.4) is 0 Å². The quantitative estimate of drug-likeness (QED) is 0.463. The Labute approximate surface area is 216 Å². The van der Waals surface area contributed by atoms with Gasteiger partial charge < -0.3 is 25.2 Å². The molecule has 1 aromatic carbocycles. The number of piperidine rings is 1. The number of aliphatic hydroxyl groups excluding tert-OH is 1. The highest BCUT2D eigenvalue weighted by Crippen LogP contribution is 2.25. The summed E-state index contributed by atoms with van der Waals surface area (Å²) in [5.74, 6) is 0.438. The van der Waals surface area contributed by atoms with E-state index in [0.29, 0.717) is 48.9 Å². The molecule has 4 rings (SSSR count). The number of hydrogen-bond acceptors (Lipinski definition) is 8. The molecular formula is C27H33N5O5. The van der Waals surface area contributed by atoms with Crippen LogP contribution in [0.4, 0.5) is 11.6 Å². The Morgan fingerprint density at radius 2 is 2.00 bits per heavy atom. The summed E-state index contributed by atoms with van der Waals surface area (Å²) in [6.45, 7) is 4.69. The first-order valence-electron chi connectivity index (χ1n) is 12.5. The van der Waals surface area contributed by atoms with Crippen LogP contribution in [0.25, 0.3) is 0 Å². The van der Waals surface area contributed by atoms with Gasteiger partial charge in [-0.1, -0.05) is 24.3 Å². The van der Waals surface area contributed by atoms with Gasteiger partial charge in [0.2, 0.25) is 5.91 Å². The van der Waals surface area contributed by atoms with Gasteiger partial charge in [-0.15, -0.1) is 0 Å². The standard InChI is InChI=1S/C27H33N5O5/c1-27(2,26(35)36)19-10-7-18(8-11-19)9-12-24(34)31-22-15-28-16-23(30-22)32-14-4-5-20(17-32)37-25-21(33)6-3-13-29-25/h7-8,10-11,13,15-16,20,33H,3-6,9,12,14,17H2,1-2H3,(H,35,36)(H,30,31,34). The Bertz CT molecular complexity index is 1190. The number of carboxylic acids is 1. The molecule has 3 heterocycles. The molecule has 3 N–H and O–H groups in total. The number of aliphatic hydroxyl groups is 1. The number of hydrogen-bond donors (Lipinski definition) is 3. The maximum atomic E-state index is 12.6. The minimum atomic E-state index is -0.969. The number of aliphatic carboxylic acids is 1. The van der Waals surface area contributed by atoms with E-state index in [0.717, 1.165) is 24.9 Å². The largest absolute Gasteiger partial charge is 0.507 e. The summed E-state index contributed by atoms with van der Waals surface area (Å²) in [5, 5.41) is 22.2. The van der Waals surface area contributed by atoms with E-state index in [1.807, 2.05) is 12.1 Å². The third-order valence-electron chi connectivity index (χ3n) is 6.69. The second-order valence-corrected chi connectivity index (χ2v) is 9.87. The molecule has 0 spiro atoms. The number of allylic oxidation sites excluding steroid dienone is 1. The summed E-state index contributed by atoms with van der Waals surface area (Å²) in [7, 11) is 0. The maximum absolute atomic E-state index is 12.6. The van der Waals surface area contributed by atoms with Crippen molar-refractivity contribution in [2.75, 3.05) is 23.3 Å². The molecule has 1 amide bonds. The van der Waals surface area contributed by atoms with Crippen molar-refractivity contribution in [3.05, 3.63) is 59.4 Å². The zero-order valence-corrected chi connectivity index (χ0v) is 21.2. The lowest BCUT2D eigenvalue weighted by Gasteiger charge is -2.33. The number of nitrogens with zero attached hydrogens (tertiary/aromatic N) is 4. The molecule has 37 heavy (non-hydrogen) atoms. The smallest absolute Gasteiger partial charge is 0.313 e. The second-order valence-electron chi connectivity index (χ2n) is 9.87. The Kier molecular flexibility index (Phi) is 8.05. The Morgan fingerprint density at radius 1 is 1.22 bits per heavy atom. The van der Waals surface area contributed by atoms with E-state index in [2.05, 4.69) is 25.2 Å². The van der Waals surface area contributed by atoms with Crippen LogP contribution in [0, 0.1) is 0 Å². The number of anilines is 2. The molecule has 1 fully saturated rings. The molecule has 0 bridgehead atoms. The first-order chi connectivity index (χ1) is 17.7. The number of aromatic nitrogens is 2. The van der Waals surface area contributed by atoms with Gasteiger partial charge in [0.1, 0.15) is 11.9 Å². The average Bonchev–Trinajstić information content (AvgIpc) is 2.89. The molecule has 196 valence electrons. The predicted molar refractivity (Wildman–Crippen MR) is 140 cm³/mol. The maximum Gasteiger partial charge on any atom is 0.313 e. The summed E-state index contributed by atoms with van der Waals surface area (Å²) < 4.78 is 5.95. The fourth-order valence-corrected chi connectivity index (χ4v) is 4.27. The van der Waals surface area contributed by atoms with Crippen molar-refractivity contribution in [1.82, 2.24) is 9.97 Å². The molecule has 10 heteroatoms. The Morgan fingerprint density at radius 3 is 2.73 bits per heavy atom. The van der Waals surface area contributed by atoms with Crippen LogP contribution in [0.1, 0.15) is 57.1 Å². The van der Waals surface area contributed by atoms with Crippen LogP contribution < -0.4 is 10.2 Å². The van der Waals surface area contributed by atoms with Crippen molar-refractivity contribution >= 4 is 29.7 Å². The number of aliphatic imine (C=N–C) groups is 1. The number of carbonyl (C=O) groups excluding carboxylic acids is 1. The fraction of sp³-hybridized carbons (Fsp3) is 0.444. The van der Waals surface area contributed by atoms with E-state index in [-0.39, 0.29) is 24.2 Å². The van der Waals surface area contributed by atoms with E-state index in [9.17, 15) is 19.8 Å². The number of aryl methyl sites for hydroxylation is 1. The molecule has 0 aliphatic carbocycles. The molecule has 2 aliphatic rings. The molecular weight excluding hydrogens is 474 g/mol. The van der Waals surface area contributed by atoms with Crippen molar-refractivity contribution in [3.8, 4) is 0 Å². The molecule has 1 unspecified atom stereocenters. The highest BCUT2D eigenvalue weighted by atomic mass is 16.5. The van der Waals surface area contributed by atoms with E-state index in [4.69, 9.17) is 4.74 Å². The summed E-state index contributed by atoms with van der Waals surface area (Å²) in [5.41, 5.74) is 0.691. The number of carboxylic acid groups (broad SMARTS) is 1. The normalized spacial score (nSPS) is 18.0. The molecule has 1 aromatic heterocycles. The van der Waals surface area contributed by atoms with Crippen molar-refractivity contribution in [3.63, 3.8) is 0 Å². The van der Waals surface area contributed by atoms with Gasteiger partial charge in [-0.2, -0.15) is 0 Å². The van der Waals surface area contributed by atoms with Crippen LogP contribution in [-0.4, -0.2) is 57.5 Å². The van der Waals surface area contributed by atoms with Crippen molar-refractivity contribution in [2.24, 2.45) is 4.99 Å². The van der Waals surface area contributed by atoms with Gasteiger partial charge in [0.15, 0.2) is 11.6 Å². The third kappa shape index (κ3) is 6.63. The van der Waals surface area contributed by atoms with E-state index in [1.54, 1.807) is 38.4 Å². The van der Waals surface area contributed by atoms with Crippen molar-refractivity contribution in [2.45, 2.75) is 63.9 Å². The number of ether oxygens (including phenoxy) is 1. The van der Waals surface area contributed by atoms with Crippen LogP contribution in [0.15, 0.2) is 53.3 Å². The van der Waals surface area contributed by atoms with Crippen LogP contribution >= 0.6 is 0 Å². The highest BCUT2D eigenvalue weighted by Gasteiger charge is 2.29. The van der Waals surface area contributed by atoms with Gasteiger partial charge in [-0.3, -0.25) is 14.6 Å². The zero-order valence-electron chi connectivity index (χ0n) is 21.2. The molecule has 0 saturated carbocycles. The number of rotatable bonds is 9. The Balaban J connectivity index is 1.31. The monoisotopic (exact) mass is 507 g/mol. The van der Waals surface area contributed by atoms with Crippen LogP contribution in [-0.2, 0) is 26.2 Å². The van der Waals surface area contributed by atoms with Crippen LogP contribution in [0.2, 0.25) is 0 Å². The lowest BCUT2D eigenvalue weighted by Crippen LogP contribution is -2.40. The zero-order chi connectivity index (χ0) is 26.4. The molecule has 1 atom stereocenters. The number of carbonyl (C=O) groups is 2. The minimum absolute atomic E-state index is 0.131. The molecule has 10 nitrogen and oxygen atoms in total. The van der Waals surface area contributed by atoms with E-state index in [1.165, 1.54) is 6.20 Å². The van der Waals surface area contributed by atoms with Gasteiger partial charge >= 0.3 is 5.97 Å². The predicted octanol–water partition coefficient (Wildman–Crippen LogP) is 3.99. The topological polar surface area (TPSA) is 137 Å². The minimum Gasteiger partial charge on any atom is -0.507 e. The van der Waals surface area contributed by atoms with Crippen molar-refractivity contribution in [1.29, 1.82) is 0 Å². The van der Waals surface area contributed by atoms with Crippen LogP contribution in [0.5, 0.6) is 0 Å². The number of amides is 1. The van der Waals surface area contributed by atoms with Gasteiger partial charge in [-0.25, -0.2) is 9.98 Å². The first kappa shape index (κ1) is 26.1. The highest BCUT2D eigenvalue weighted by molar-refractivity contribution is 5.89. The third-order valence-corrected chi connectivity index (χ3v) is 6.69. The SMILES string of the molecule is CC(C)(C(=O)O)c1ccc(CCC(=O)Nc2cncc(N3CCCC(OC4=C(O)CCC=N4)C3)n2)cc1. The second kappa shape index (κ2) is 11.4. The van der Waals surface area contributed by atoms with E-state index < -0.39 is 11.4 Å². The van der Waals surface area contributed by atoms with Gasteiger partial charge in [0.05, 0.1) is 24.4 Å². The van der Waals surface area contributed by atoms with Crippen molar-refractivity contribution < 1.29 is 24.5 Å². The summed E-state index contributed by atoms with van der Waals surface area (Å²) in [6, 6.07) is 7.31. The Hall–Kier alpha value is -3.95. The van der Waals surface area contributed by atoms with Gasteiger partial charge in [-0.05, 0) is 50.7 Å².